The highest BCUT2D eigenvalue weighted by Gasteiger charge is 2.73. The normalized spacial score (nSPS) is 30.2. The Kier molecular flexibility index (Phi) is 8.68. The molecule has 2 saturated carbocycles. The molecule has 0 aromatic heterocycles. The van der Waals surface area contributed by atoms with Gasteiger partial charge in [0.15, 0.2) is 17.3 Å². The van der Waals surface area contributed by atoms with Crippen molar-refractivity contribution in [3.05, 3.63) is 82.5 Å². The Hall–Kier alpha value is -2.81. The van der Waals surface area contributed by atoms with E-state index < -0.39 is 16.2 Å². The van der Waals surface area contributed by atoms with Gasteiger partial charge in [0.25, 0.3) is 0 Å². The van der Waals surface area contributed by atoms with E-state index >= 15 is 9.59 Å². The number of fused-ring (bicyclic) bond motifs is 2. The fourth-order valence-electron chi connectivity index (χ4n) is 8.49. The molecule has 1 aromatic carbocycles. The van der Waals surface area contributed by atoms with Gasteiger partial charge in [-0.1, -0.05) is 93.5 Å². The summed E-state index contributed by atoms with van der Waals surface area (Å²) in [6.07, 6.45) is 9.26. The molecule has 4 unspecified atom stereocenters. The SMILES string of the molecule is C=C1CC(C)(C)CCC1CC12CC(CC=C(C)C)C(C)(C)C(C(=O)c3ccccc3)(C1=O)C(C)=C(CC=C(C)C)C2=O. The van der Waals surface area contributed by atoms with Crippen molar-refractivity contribution in [3.63, 3.8) is 0 Å². The molecule has 4 rings (SSSR count). The van der Waals surface area contributed by atoms with E-state index in [2.05, 4.69) is 60.3 Å². The summed E-state index contributed by atoms with van der Waals surface area (Å²) in [6.45, 7) is 23.4. The van der Waals surface area contributed by atoms with Gasteiger partial charge in [0.05, 0.1) is 5.41 Å². The summed E-state index contributed by atoms with van der Waals surface area (Å²) >= 11 is 0. The second-order valence-corrected chi connectivity index (χ2v) is 15.4. The van der Waals surface area contributed by atoms with Crippen LogP contribution in [0.1, 0.15) is 118 Å². The topological polar surface area (TPSA) is 51.2 Å². The molecule has 226 valence electrons. The van der Waals surface area contributed by atoms with Crippen molar-refractivity contribution in [2.45, 2.75) is 107 Å². The second kappa shape index (κ2) is 11.4. The first-order chi connectivity index (χ1) is 19.5. The third kappa shape index (κ3) is 5.16. The lowest BCUT2D eigenvalue weighted by Crippen LogP contribution is -2.68. The van der Waals surface area contributed by atoms with E-state index in [1.807, 2.05) is 51.1 Å². The van der Waals surface area contributed by atoms with Crippen molar-refractivity contribution in [2.24, 2.45) is 33.5 Å². The van der Waals surface area contributed by atoms with E-state index in [-0.39, 0.29) is 34.6 Å². The van der Waals surface area contributed by atoms with Gasteiger partial charge in [-0.05, 0) is 108 Å². The number of hydrogen-bond donors (Lipinski definition) is 0. The molecule has 3 aliphatic rings. The van der Waals surface area contributed by atoms with E-state index in [4.69, 9.17) is 0 Å². The average molecular weight is 569 g/mol. The fourth-order valence-corrected chi connectivity index (χ4v) is 8.49. The number of carbonyl (C=O) groups excluding carboxylic acids is 3. The number of rotatable bonds is 8. The molecule has 0 spiro atoms. The summed E-state index contributed by atoms with van der Waals surface area (Å²) in [4.78, 5) is 45.4. The van der Waals surface area contributed by atoms with Crippen molar-refractivity contribution >= 4 is 17.3 Å². The van der Waals surface area contributed by atoms with Crippen molar-refractivity contribution in [1.29, 1.82) is 0 Å². The van der Waals surface area contributed by atoms with Gasteiger partial charge >= 0.3 is 0 Å². The molecule has 3 nitrogen and oxygen atoms in total. The predicted molar refractivity (Wildman–Crippen MR) is 173 cm³/mol. The Morgan fingerprint density at radius 2 is 1.60 bits per heavy atom. The zero-order valence-corrected chi connectivity index (χ0v) is 27.6. The average Bonchev–Trinajstić information content (AvgIpc) is 2.90. The van der Waals surface area contributed by atoms with Gasteiger partial charge in [0.2, 0.25) is 0 Å². The Bertz CT molecular complexity index is 1370. The van der Waals surface area contributed by atoms with Gasteiger partial charge in [0, 0.05) is 11.1 Å². The summed E-state index contributed by atoms with van der Waals surface area (Å²) in [7, 11) is 0. The third-order valence-corrected chi connectivity index (χ3v) is 11.0. The summed E-state index contributed by atoms with van der Waals surface area (Å²) < 4.78 is 0. The largest absolute Gasteiger partial charge is 0.297 e. The van der Waals surface area contributed by atoms with Gasteiger partial charge in [-0.3, -0.25) is 14.4 Å². The van der Waals surface area contributed by atoms with Crippen molar-refractivity contribution in [3.8, 4) is 0 Å². The van der Waals surface area contributed by atoms with E-state index in [0.29, 0.717) is 36.0 Å². The minimum Gasteiger partial charge on any atom is -0.297 e. The van der Waals surface area contributed by atoms with E-state index in [1.54, 1.807) is 0 Å². The first-order valence-electron chi connectivity index (χ1n) is 15.9. The maximum atomic E-state index is 15.4. The van der Waals surface area contributed by atoms with Crippen LogP contribution in [0.15, 0.2) is 76.9 Å². The van der Waals surface area contributed by atoms with Crippen LogP contribution in [-0.4, -0.2) is 17.3 Å². The highest BCUT2D eigenvalue weighted by molar-refractivity contribution is 6.30. The highest BCUT2D eigenvalue weighted by Crippen LogP contribution is 2.67. The lowest BCUT2D eigenvalue weighted by atomic mass is 9.37. The number of allylic oxidation sites excluding steroid dienone is 7. The summed E-state index contributed by atoms with van der Waals surface area (Å²) in [5, 5.41) is 0. The summed E-state index contributed by atoms with van der Waals surface area (Å²) in [5.41, 5.74) is 2.15. The van der Waals surface area contributed by atoms with Crippen LogP contribution < -0.4 is 0 Å². The fraction of sp³-hybridized carbons (Fsp3) is 0.564. The molecule has 2 fully saturated rings. The minimum atomic E-state index is -1.42. The Morgan fingerprint density at radius 3 is 2.17 bits per heavy atom. The smallest absolute Gasteiger partial charge is 0.181 e. The first kappa shape index (κ1) is 32.1. The molecule has 3 heteroatoms. The minimum absolute atomic E-state index is 0.0186. The second-order valence-electron chi connectivity index (χ2n) is 15.4. The van der Waals surface area contributed by atoms with Crippen LogP contribution in [-0.2, 0) is 9.59 Å². The standard InChI is InChI=1S/C39H52O3/c1-25(2)16-18-31-24-38(23-30-20-21-36(7,8)22-27(30)5)34(41)32(19-17-26(3)4)28(6)39(35(38)42,37(31,9)10)33(40)29-14-12-11-13-15-29/h11-17,30-31H,5,18-24H2,1-4,6-10H3. The molecule has 4 atom stereocenters. The van der Waals surface area contributed by atoms with Gasteiger partial charge in [-0.25, -0.2) is 0 Å². The number of ketones is 3. The molecule has 0 aliphatic heterocycles. The molecular weight excluding hydrogens is 516 g/mol. The number of carbonyl (C=O) groups is 3. The summed E-state index contributed by atoms with van der Waals surface area (Å²) in [6, 6.07) is 9.28. The Morgan fingerprint density at radius 1 is 0.976 bits per heavy atom. The first-order valence-corrected chi connectivity index (χ1v) is 15.9. The van der Waals surface area contributed by atoms with Gasteiger partial charge in [-0.15, -0.1) is 0 Å². The van der Waals surface area contributed by atoms with Crippen LogP contribution >= 0.6 is 0 Å². The molecule has 0 heterocycles. The van der Waals surface area contributed by atoms with Crippen LogP contribution in [0.3, 0.4) is 0 Å². The monoisotopic (exact) mass is 568 g/mol. The van der Waals surface area contributed by atoms with Crippen LogP contribution in [0.5, 0.6) is 0 Å². The van der Waals surface area contributed by atoms with E-state index in [1.165, 1.54) is 5.57 Å². The lowest BCUT2D eigenvalue weighted by molar-refractivity contribution is -0.162. The van der Waals surface area contributed by atoms with Crippen LogP contribution in [0, 0.1) is 33.5 Å². The molecule has 1 aromatic rings. The lowest BCUT2D eigenvalue weighted by Gasteiger charge is -2.61. The maximum absolute atomic E-state index is 15.4. The van der Waals surface area contributed by atoms with Crippen LogP contribution in [0.2, 0.25) is 0 Å². The van der Waals surface area contributed by atoms with Crippen LogP contribution in [0.4, 0.5) is 0 Å². The van der Waals surface area contributed by atoms with E-state index in [9.17, 15) is 4.79 Å². The molecular formula is C39H52O3. The summed E-state index contributed by atoms with van der Waals surface area (Å²) in [5.74, 6) is -0.302. The molecule has 42 heavy (non-hydrogen) atoms. The quantitative estimate of drug-likeness (QED) is 0.178. The molecule has 0 amide bonds. The molecule has 0 saturated heterocycles. The highest BCUT2D eigenvalue weighted by atomic mass is 16.2. The number of Topliss-reactive ketones (excluding diaryl/α,β-unsaturated/α-hetero) is 3. The Balaban J connectivity index is 2.03. The van der Waals surface area contributed by atoms with Crippen LogP contribution in [0.25, 0.3) is 0 Å². The van der Waals surface area contributed by atoms with Gasteiger partial charge in [0.1, 0.15) is 5.41 Å². The third-order valence-electron chi connectivity index (χ3n) is 11.0. The maximum Gasteiger partial charge on any atom is 0.181 e. The van der Waals surface area contributed by atoms with Crippen molar-refractivity contribution in [1.82, 2.24) is 0 Å². The zero-order chi connectivity index (χ0) is 31.3. The van der Waals surface area contributed by atoms with Crippen molar-refractivity contribution < 1.29 is 14.4 Å². The number of benzene rings is 1. The van der Waals surface area contributed by atoms with Gasteiger partial charge < -0.3 is 0 Å². The van der Waals surface area contributed by atoms with E-state index in [0.717, 1.165) is 36.8 Å². The molecule has 0 N–H and O–H groups in total. The Labute approximate surface area is 254 Å². The number of hydrogen-bond acceptors (Lipinski definition) is 3. The molecule has 2 bridgehead atoms. The molecule has 3 aliphatic carbocycles. The van der Waals surface area contributed by atoms with Gasteiger partial charge in [-0.2, -0.15) is 0 Å². The van der Waals surface area contributed by atoms with Crippen molar-refractivity contribution in [2.75, 3.05) is 0 Å². The zero-order valence-electron chi connectivity index (χ0n) is 27.6. The predicted octanol–water partition coefficient (Wildman–Crippen LogP) is 9.84. The molecule has 0 radical (unpaired) electrons.